The Hall–Kier alpha value is -2.83. The summed E-state index contributed by atoms with van der Waals surface area (Å²) in [5.74, 6) is -0.0969. The normalized spacial score (nSPS) is 17.8. The van der Waals surface area contributed by atoms with Gasteiger partial charge in [0.15, 0.2) is 5.67 Å². The van der Waals surface area contributed by atoms with Crippen molar-refractivity contribution >= 4 is 17.3 Å². The number of nitrogens with zero attached hydrogens (tertiary/aromatic N) is 4. The molecule has 1 aliphatic heterocycles. The van der Waals surface area contributed by atoms with Crippen LogP contribution in [0.15, 0.2) is 36.7 Å². The van der Waals surface area contributed by atoms with Gasteiger partial charge in [-0.3, -0.25) is 4.79 Å². The van der Waals surface area contributed by atoms with Crippen molar-refractivity contribution in [2.24, 2.45) is 0 Å². The minimum absolute atomic E-state index is 0.188. The molecule has 0 saturated carbocycles. The summed E-state index contributed by atoms with van der Waals surface area (Å²) in [5.41, 5.74) is 0.959. The third-order valence-electron chi connectivity index (χ3n) is 5.66. The monoisotopic (exact) mass is 428 g/mol. The summed E-state index contributed by atoms with van der Waals surface area (Å²) >= 11 is 0. The lowest BCUT2D eigenvalue weighted by molar-refractivity contribution is -0.144. The van der Waals surface area contributed by atoms with Gasteiger partial charge in [-0.15, -0.1) is 0 Å². The lowest BCUT2D eigenvalue weighted by Crippen LogP contribution is -2.57. The zero-order valence-corrected chi connectivity index (χ0v) is 18.8. The molecule has 1 atom stereocenters. The number of halogens is 2. The highest BCUT2D eigenvalue weighted by Gasteiger charge is 2.37. The van der Waals surface area contributed by atoms with Gasteiger partial charge in [-0.25, -0.2) is 18.7 Å². The summed E-state index contributed by atoms with van der Waals surface area (Å²) in [4.78, 5) is 25.2. The Morgan fingerprint density at radius 1 is 1.26 bits per heavy atom. The van der Waals surface area contributed by atoms with Gasteiger partial charge in [-0.2, -0.15) is 0 Å². The van der Waals surface area contributed by atoms with E-state index in [0.717, 1.165) is 16.8 Å². The van der Waals surface area contributed by atoms with E-state index in [2.05, 4.69) is 14.9 Å². The third kappa shape index (κ3) is 4.60. The Morgan fingerprint density at radius 3 is 2.55 bits per heavy atom. The van der Waals surface area contributed by atoms with Crippen molar-refractivity contribution < 1.29 is 13.6 Å². The van der Waals surface area contributed by atoms with Gasteiger partial charge in [0.1, 0.15) is 18.0 Å². The number of hydrogen-bond acceptors (Lipinski definition) is 4. The van der Waals surface area contributed by atoms with Crippen LogP contribution in [0.5, 0.6) is 0 Å². The van der Waals surface area contributed by atoms with Crippen LogP contribution in [0.2, 0.25) is 0 Å². The molecule has 31 heavy (non-hydrogen) atoms. The quantitative estimate of drug-likeness (QED) is 0.708. The molecule has 1 aromatic carbocycles. The van der Waals surface area contributed by atoms with Crippen molar-refractivity contribution in [3.63, 3.8) is 0 Å². The maximum atomic E-state index is 14.7. The number of allylic oxidation sites excluding steroid dienone is 1. The highest BCUT2D eigenvalue weighted by Crippen LogP contribution is 2.35. The van der Waals surface area contributed by atoms with Crippen LogP contribution in [0.4, 0.5) is 14.6 Å². The van der Waals surface area contributed by atoms with Crippen molar-refractivity contribution in [3.8, 4) is 0 Å². The fourth-order valence-corrected chi connectivity index (χ4v) is 4.10. The molecule has 0 N–H and O–H groups in total. The van der Waals surface area contributed by atoms with Crippen LogP contribution in [-0.4, -0.2) is 52.1 Å². The Bertz CT molecular complexity index is 984. The maximum Gasteiger partial charge on any atom is 0.260 e. The van der Waals surface area contributed by atoms with Crippen LogP contribution in [0, 0.1) is 5.82 Å². The highest BCUT2D eigenvalue weighted by molar-refractivity contribution is 5.87. The average molecular weight is 429 g/mol. The predicted octanol–water partition coefficient (Wildman–Crippen LogP) is 4.41. The van der Waals surface area contributed by atoms with Crippen LogP contribution in [0.3, 0.4) is 0 Å². The Labute approximate surface area is 182 Å². The van der Waals surface area contributed by atoms with Crippen molar-refractivity contribution in [1.82, 2.24) is 14.9 Å². The van der Waals surface area contributed by atoms with Gasteiger partial charge >= 0.3 is 0 Å². The van der Waals surface area contributed by atoms with Gasteiger partial charge in [-0.1, -0.05) is 31.2 Å². The Kier molecular flexibility index (Phi) is 6.72. The second-order valence-electron chi connectivity index (χ2n) is 8.32. The highest BCUT2D eigenvalue weighted by atomic mass is 19.1. The van der Waals surface area contributed by atoms with Crippen LogP contribution >= 0.6 is 0 Å². The first-order valence-corrected chi connectivity index (χ1v) is 10.7. The molecule has 2 aromatic rings. The topological polar surface area (TPSA) is 49.3 Å². The van der Waals surface area contributed by atoms with Crippen LogP contribution in [0.1, 0.15) is 51.4 Å². The van der Waals surface area contributed by atoms with Crippen molar-refractivity contribution in [1.29, 1.82) is 0 Å². The zero-order chi connectivity index (χ0) is 22.8. The van der Waals surface area contributed by atoms with Gasteiger partial charge in [0, 0.05) is 36.8 Å². The standard InChI is InChI=1S/C24H30F2N4O/c1-6-17(18-10-8-9-11-19(18)25)21-20(7-2)27-15-28-22(21)29-12-13-30(16(3)14-29)23(31)24(4,5)26/h6,8-11,15-16H,7,12-14H2,1-5H3/b17-6-/t16-/m1/s1. The smallest absolute Gasteiger partial charge is 0.260 e. The number of anilines is 1. The summed E-state index contributed by atoms with van der Waals surface area (Å²) in [6.45, 7) is 9.77. The van der Waals surface area contributed by atoms with Crippen molar-refractivity contribution in [2.45, 2.75) is 52.8 Å². The molecule has 7 heteroatoms. The van der Waals surface area contributed by atoms with Gasteiger partial charge in [0.25, 0.3) is 5.91 Å². The molecule has 0 radical (unpaired) electrons. The van der Waals surface area contributed by atoms with Crippen LogP contribution in [0.25, 0.3) is 5.57 Å². The van der Waals surface area contributed by atoms with E-state index in [-0.39, 0.29) is 11.9 Å². The molecule has 0 bridgehead atoms. The average Bonchev–Trinajstić information content (AvgIpc) is 2.74. The molecule has 5 nitrogen and oxygen atoms in total. The molecule has 0 aliphatic carbocycles. The summed E-state index contributed by atoms with van der Waals surface area (Å²) in [6.07, 6.45) is 4.08. The number of amides is 1. The van der Waals surface area contributed by atoms with Crippen molar-refractivity contribution in [2.75, 3.05) is 24.5 Å². The van der Waals surface area contributed by atoms with Gasteiger partial charge in [0.2, 0.25) is 0 Å². The second-order valence-corrected chi connectivity index (χ2v) is 8.32. The zero-order valence-electron chi connectivity index (χ0n) is 18.8. The van der Waals surface area contributed by atoms with Gasteiger partial charge in [0.05, 0.1) is 5.69 Å². The number of carbonyl (C=O) groups excluding carboxylic acids is 1. The number of rotatable bonds is 5. The molecule has 2 heterocycles. The van der Waals surface area contributed by atoms with E-state index in [1.54, 1.807) is 17.0 Å². The Morgan fingerprint density at radius 2 is 1.97 bits per heavy atom. The SMILES string of the molecule is C/C=C(/c1ccccc1F)c1c(CC)ncnc1N1CCN(C(=O)C(C)(C)F)[C@H](C)C1. The summed E-state index contributed by atoms with van der Waals surface area (Å²) in [7, 11) is 0. The molecule has 3 rings (SSSR count). The van der Waals surface area contributed by atoms with E-state index >= 15 is 0 Å². The molecule has 1 saturated heterocycles. The molecule has 166 valence electrons. The van der Waals surface area contributed by atoms with E-state index in [1.807, 2.05) is 32.9 Å². The van der Waals surface area contributed by atoms with E-state index in [1.165, 1.54) is 26.2 Å². The molecule has 1 aromatic heterocycles. The summed E-state index contributed by atoms with van der Waals surface area (Å²) in [5, 5.41) is 0. The van der Waals surface area contributed by atoms with E-state index in [9.17, 15) is 13.6 Å². The third-order valence-corrected chi connectivity index (χ3v) is 5.66. The minimum Gasteiger partial charge on any atom is -0.352 e. The Balaban J connectivity index is 2.01. The molecule has 0 spiro atoms. The first-order valence-electron chi connectivity index (χ1n) is 10.7. The lowest BCUT2D eigenvalue weighted by Gasteiger charge is -2.42. The molecular formula is C24H30F2N4O. The number of alkyl halides is 1. The minimum atomic E-state index is -1.91. The summed E-state index contributed by atoms with van der Waals surface area (Å²) in [6, 6.07) is 6.48. The number of piperazine rings is 1. The largest absolute Gasteiger partial charge is 0.352 e. The second kappa shape index (κ2) is 9.12. The van der Waals surface area contributed by atoms with E-state index < -0.39 is 11.6 Å². The fourth-order valence-electron chi connectivity index (χ4n) is 4.10. The first-order chi connectivity index (χ1) is 14.7. The lowest BCUT2D eigenvalue weighted by atomic mass is 9.94. The van der Waals surface area contributed by atoms with Crippen LogP contribution in [-0.2, 0) is 11.2 Å². The maximum absolute atomic E-state index is 14.7. The molecule has 0 unspecified atom stereocenters. The summed E-state index contributed by atoms with van der Waals surface area (Å²) < 4.78 is 28.9. The molecule has 1 fully saturated rings. The number of carbonyl (C=O) groups is 1. The predicted molar refractivity (Wildman–Crippen MR) is 119 cm³/mol. The number of aromatic nitrogens is 2. The molecule has 1 aliphatic rings. The fraction of sp³-hybridized carbons (Fsp3) is 0.458. The van der Waals surface area contributed by atoms with E-state index in [4.69, 9.17) is 0 Å². The van der Waals surface area contributed by atoms with E-state index in [0.29, 0.717) is 37.4 Å². The molecular weight excluding hydrogens is 398 g/mol. The van der Waals surface area contributed by atoms with Gasteiger partial charge in [-0.05, 0) is 45.8 Å². The molecule has 1 amide bonds. The number of hydrogen-bond donors (Lipinski definition) is 0. The van der Waals surface area contributed by atoms with Crippen LogP contribution < -0.4 is 4.90 Å². The van der Waals surface area contributed by atoms with Gasteiger partial charge < -0.3 is 9.80 Å². The number of benzene rings is 1. The van der Waals surface area contributed by atoms with Crippen molar-refractivity contribution in [3.05, 3.63) is 59.3 Å². The number of aryl methyl sites for hydroxylation is 1. The first kappa shape index (κ1) is 22.8.